The van der Waals surface area contributed by atoms with Gasteiger partial charge in [-0.05, 0) is 38.2 Å². The van der Waals surface area contributed by atoms with E-state index in [-0.39, 0.29) is 12.1 Å². The first-order valence-electron chi connectivity index (χ1n) is 10.3. The molecule has 0 amide bonds. The Morgan fingerprint density at radius 2 is 1.58 bits per heavy atom. The molecule has 4 nitrogen and oxygen atoms in total. The predicted octanol–water partition coefficient (Wildman–Crippen LogP) is 6.21. The van der Waals surface area contributed by atoms with Crippen molar-refractivity contribution in [3.8, 4) is 0 Å². The Kier molecular flexibility index (Phi) is 17.1. The molecular weight excluding hydrogens is 328 g/mol. The fraction of sp³-hybridized carbons (Fsp3) is 0.727. The topological polar surface area (TPSA) is 63.6 Å². The van der Waals surface area contributed by atoms with Gasteiger partial charge >= 0.3 is 11.9 Å². The van der Waals surface area contributed by atoms with Crippen LogP contribution in [0.3, 0.4) is 0 Å². The van der Waals surface area contributed by atoms with Gasteiger partial charge in [0.1, 0.15) is 6.10 Å². The number of hydrogen-bond donors (Lipinski definition) is 1. The summed E-state index contributed by atoms with van der Waals surface area (Å²) in [6, 6.07) is 0. The summed E-state index contributed by atoms with van der Waals surface area (Å²) in [7, 11) is 0. The van der Waals surface area contributed by atoms with Gasteiger partial charge in [-0.2, -0.15) is 0 Å². The van der Waals surface area contributed by atoms with E-state index in [1.165, 1.54) is 45.4 Å². The molecule has 0 fully saturated rings. The molecular formula is C22H38O4. The molecule has 150 valence electrons. The number of rotatable bonds is 17. The van der Waals surface area contributed by atoms with Crippen molar-refractivity contribution >= 4 is 11.9 Å². The second-order valence-corrected chi connectivity index (χ2v) is 6.86. The SMILES string of the molecule is CCCCCC(/C=C/C=C\CCCCCCCCCC(=O)O)OC(C)=O. The largest absolute Gasteiger partial charge is 0.481 e. The highest BCUT2D eigenvalue weighted by Crippen LogP contribution is 2.11. The van der Waals surface area contributed by atoms with Crippen molar-refractivity contribution in [1.29, 1.82) is 0 Å². The summed E-state index contributed by atoms with van der Waals surface area (Å²) in [5, 5.41) is 8.56. The summed E-state index contributed by atoms with van der Waals surface area (Å²) in [5.74, 6) is -0.908. The van der Waals surface area contributed by atoms with Gasteiger partial charge in [0, 0.05) is 13.3 Å². The number of carbonyl (C=O) groups excluding carboxylic acids is 1. The zero-order valence-electron chi connectivity index (χ0n) is 16.8. The Morgan fingerprint density at radius 3 is 2.19 bits per heavy atom. The summed E-state index contributed by atoms with van der Waals surface area (Å²) in [5.41, 5.74) is 0. The minimum Gasteiger partial charge on any atom is -0.481 e. The van der Waals surface area contributed by atoms with Gasteiger partial charge < -0.3 is 9.84 Å². The second-order valence-electron chi connectivity index (χ2n) is 6.86. The third-order valence-electron chi connectivity index (χ3n) is 4.24. The normalized spacial score (nSPS) is 12.7. The number of carboxylic acid groups (broad SMARTS) is 1. The summed E-state index contributed by atoms with van der Waals surface area (Å²) in [6.45, 7) is 3.63. The van der Waals surface area contributed by atoms with Gasteiger partial charge in [-0.1, -0.05) is 70.1 Å². The smallest absolute Gasteiger partial charge is 0.303 e. The first-order valence-corrected chi connectivity index (χ1v) is 10.3. The highest BCUT2D eigenvalue weighted by molar-refractivity contribution is 5.66. The van der Waals surface area contributed by atoms with Crippen molar-refractivity contribution in [2.75, 3.05) is 0 Å². The van der Waals surface area contributed by atoms with E-state index in [4.69, 9.17) is 9.84 Å². The monoisotopic (exact) mass is 366 g/mol. The first kappa shape index (κ1) is 24.4. The van der Waals surface area contributed by atoms with Gasteiger partial charge in [0.25, 0.3) is 0 Å². The van der Waals surface area contributed by atoms with E-state index in [2.05, 4.69) is 13.0 Å². The van der Waals surface area contributed by atoms with Crippen LogP contribution in [-0.4, -0.2) is 23.1 Å². The van der Waals surface area contributed by atoms with E-state index in [0.717, 1.165) is 38.5 Å². The first-order chi connectivity index (χ1) is 12.6. The molecule has 0 aliphatic rings. The van der Waals surface area contributed by atoms with E-state index >= 15 is 0 Å². The molecule has 1 unspecified atom stereocenters. The molecule has 0 rings (SSSR count). The number of aliphatic carboxylic acids is 1. The molecule has 0 aliphatic carbocycles. The van der Waals surface area contributed by atoms with Crippen LogP contribution < -0.4 is 0 Å². The van der Waals surface area contributed by atoms with Crippen molar-refractivity contribution < 1.29 is 19.4 Å². The molecule has 0 saturated heterocycles. The van der Waals surface area contributed by atoms with Crippen molar-refractivity contribution in [3.63, 3.8) is 0 Å². The molecule has 26 heavy (non-hydrogen) atoms. The van der Waals surface area contributed by atoms with Crippen LogP contribution in [0.2, 0.25) is 0 Å². The van der Waals surface area contributed by atoms with E-state index in [1.807, 2.05) is 18.2 Å². The van der Waals surface area contributed by atoms with Crippen LogP contribution in [0.1, 0.15) is 97.3 Å². The van der Waals surface area contributed by atoms with Crippen LogP contribution in [0, 0.1) is 0 Å². The van der Waals surface area contributed by atoms with Crippen LogP contribution in [0.15, 0.2) is 24.3 Å². The van der Waals surface area contributed by atoms with Gasteiger partial charge in [-0.3, -0.25) is 9.59 Å². The number of carbonyl (C=O) groups is 2. The summed E-state index contributed by atoms with van der Waals surface area (Å²) in [4.78, 5) is 21.5. The molecule has 1 atom stereocenters. The van der Waals surface area contributed by atoms with Crippen molar-refractivity contribution in [1.82, 2.24) is 0 Å². The zero-order chi connectivity index (χ0) is 19.5. The van der Waals surface area contributed by atoms with Crippen molar-refractivity contribution in [2.45, 2.75) is 103 Å². The maximum Gasteiger partial charge on any atom is 0.303 e. The minimum atomic E-state index is -0.689. The molecule has 0 aromatic rings. The zero-order valence-corrected chi connectivity index (χ0v) is 16.8. The van der Waals surface area contributed by atoms with Crippen molar-refractivity contribution in [2.24, 2.45) is 0 Å². The predicted molar refractivity (Wildman–Crippen MR) is 107 cm³/mol. The van der Waals surface area contributed by atoms with Gasteiger partial charge in [-0.25, -0.2) is 0 Å². The molecule has 0 spiro atoms. The third-order valence-corrected chi connectivity index (χ3v) is 4.24. The maximum absolute atomic E-state index is 11.1. The van der Waals surface area contributed by atoms with E-state index in [1.54, 1.807) is 0 Å². The van der Waals surface area contributed by atoms with Crippen LogP contribution in [0.4, 0.5) is 0 Å². The summed E-state index contributed by atoms with van der Waals surface area (Å²) in [6.07, 6.45) is 21.5. The average molecular weight is 367 g/mol. The lowest BCUT2D eigenvalue weighted by Gasteiger charge is -2.12. The number of hydrogen-bond acceptors (Lipinski definition) is 3. The van der Waals surface area contributed by atoms with Crippen LogP contribution in [-0.2, 0) is 14.3 Å². The number of allylic oxidation sites excluding steroid dienone is 3. The van der Waals surface area contributed by atoms with E-state index in [0.29, 0.717) is 6.42 Å². The minimum absolute atomic E-state index is 0.107. The number of ether oxygens (including phenoxy) is 1. The van der Waals surface area contributed by atoms with Gasteiger partial charge in [0.2, 0.25) is 0 Å². The fourth-order valence-electron chi connectivity index (χ4n) is 2.79. The summed E-state index contributed by atoms with van der Waals surface area (Å²) < 4.78 is 5.32. The van der Waals surface area contributed by atoms with Crippen LogP contribution in [0.25, 0.3) is 0 Å². The van der Waals surface area contributed by atoms with E-state index in [9.17, 15) is 9.59 Å². The molecule has 0 aromatic carbocycles. The molecule has 4 heteroatoms. The lowest BCUT2D eigenvalue weighted by Crippen LogP contribution is -2.13. The second kappa shape index (κ2) is 18.2. The Morgan fingerprint density at radius 1 is 0.923 bits per heavy atom. The highest BCUT2D eigenvalue weighted by atomic mass is 16.5. The number of esters is 1. The maximum atomic E-state index is 11.1. The van der Waals surface area contributed by atoms with Crippen molar-refractivity contribution in [3.05, 3.63) is 24.3 Å². The molecule has 0 radical (unpaired) electrons. The Hall–Kier alpha value is -1.58. The number of unbranched alkanes of at least 4 members (excludes halogenated alkanes) is 9. The quantitative estimate of drug-likeness (QED) is 0.189. The molecule has 0 heterocycles. The molecule has 0 aromatic heterocycles. The molecule has 0 saturated carbocycles. The van der Waals surface area contributed by atoms with Gasteiger partial charge in [0.15, 0.2) is 0 Å². The Labute approximate surface area is 159 Å². The number of carboxylic acids is 1. The Bertz CT molecular complexity index is 412. The summed E-state index contributed by atoms with van der Waals surface area (Å²) >= 11 is 0. The lowest BCUT2D eigenvalue weighted by molar-refractivity contribution is -0.144. The molecule has 0 bridgehead atoms. The fourth-order valence-corrected chi connectivity index (χ4v) is 2.79. The van der Waals surface area contributed by atoms with Gasteiger partial charge in [0.05, 0.1) is 0 Å². The standard InChI is InChI=1S/C22H38O4/c1-3-4-14-17-21(26-20(2)23)18-15-12-10-8-6-5-7-9-11-13-16-19-22(24)25/h10,12,15,18,21H,3-9,11,13-14,16-17,19H2,1-2H3,(H,24,25)/b12-10-,18-15+. The van der Waals surface area contributed by atoms with E-state index < -0.39 is 5.97 Å². The Balaban J connectivity index is 3.67. The lowest BCUT2D eigenvalue weighted by atomic mass is 10.1. The van der Waals surface area contributed by atoms with Crippen LogP contribution in [0.5, 0.6) is 0 Å². The third kappa shape index (κ3) is 18.8. The van der Waals surface area contributed by atoms with Crippen LogP contribution >= 0.6 is 0 Å². The molecule has 0 aliphatic heterocycles. The average Bonchev–Trinajstić information content (AvgIpc) is 2.58. The van der Waals surface area contributed by atoms with Gasteiger partial charge in [-0.15, -0.1) is 0 Å². The highest BCUT2D eigenvalue weighted by Gasteiger charge is 2.06. The molecule has 1 N–H and O–H groups in total.